The van der Waals surface area contributed by atoms with Crippen molar-refractivity contribution in [2.45, 2.75) is 90.1 Å². The average molecular weight is 499 g/mol. The lowest BCUT2D eigenvalue weighted by atomic mass is 9.81. The molecule has 1 nitrogen and oxygen atoms in total. The molecular formula is C35H43FO. The van der Waals surface area contributed by atoms with E-state index in [4.69, 9.17) is 4.74 Å². The molecule has 37 heavy (non-hydrogen) atoms. The van der Waals surface area contributed by atoms with E-state index in [2.05, 4.69) is 68.2 Å². The van der Waals surface area contributed by atoms with E-state index in [1.165, 1.54) is 31.2 Å². The summed E-state index contributed by atoms with van der Waals surface area (Å²) in [5.41, 5.74) is 3.68. The van der Waals surface area contributed by atoms with E-state index in [9.17, 15) is 4.39 Å². The molecule has 4 rings (SSSR count). The molecule has 2 aliphatic carbocycles. The van der Waals surface area contributed by atoms with Crippen LogP contribution >= 0.6 is 0 Å². The molecule has 2 aromatic rings. The van der Waals surface area contributed by atoms with Crippen LogP contribution in [0.2, 0.25) is 0 Å². The van der Waals surface area contributed by atoms with Crippen molar-refractivity contribution in [3.63, 3.8) is 0 Å². The van der Waals surface area contributed by atoms with Gasteiger partial charge in [-0.05, 0) is 117 Å². The standard InChI is InChI=1S/C35H43FO/c1-3-5-6-27-7-9-28(10-8-27)11-12-29-13-15-30(16-14-29)17-18-32-19-20-33(26-35(32)36)31-21-23-34(24-22-31)37-25-4-2/h5-6,11-16,19-20,26-28,31,34H,3-4,7-10,21-25H2,1-2H3. The lowest BCUT2D eigenvalue weighted by Crippen LogP contribution is -2.21. The number of halogens is 1. The van der Waals surface area contributed by atoms with E-state index in [1.807, 2.05) is 18.2 Å². The molecular weight excluding hydrogens is 455 g/mol. The minimum atomic E-state index is -0.214. The number of hydrogen-bond acceptors (Lipinski definition) is 1. The summed E-state index contributed by atoms with van der Waals surface area (Å²) in [6.45, 7) is 5.19. The largest absolute Gasteiger partial charge is 0.378 e. The van der Waals surface area contributed by atoms with Gasteiger partial charge in [0.2, 0.25) is 0 Å². The monoisotopic (exact) mass is 498 g/mol. The predicted octanol–water partition coefficient (Wildman–Crippen LogP) is 9.46. The molecule has 0 radical (unpaired) electrons. The van der Waals surface area contributed by atoms with Gasteiger partial charge >= 0.3 is 0 Å². The molecule has 2 saturated carbocycles. The first-order valence-corrected chi connectivity index (χ1v) is 14.5. The molecule has 0 spiro atoms. The normalized spacial score (nSPS) is 24.3. The first-order valence-electron chi connectivity index (χ1n) is 14.5. The molecule has 0 aliphatic heterocycles. The quantitative estimate of drug-likeness (QED) is 0.260. The molecule has 0 saturated heterocycles. The van der Waals surface area contributed by atoms with Crippen LogP contribution in [0.5, 0.6) is 0 Å². The van der Waals surface area contributed by atoms with Gasteiger partial charge in [0.05, 0.1) is 11.7 Å². The Morgan fingerprint density at radius 1 is 0.838 bits per heavy atom. The Kier molecular flexibility index (Phi) is 10.6. The Hall–Kier alpha value is -2.63. The summed E-state index contributed by atoms with van der Waals surface area (Å²) in [6.07, 6.45) is 21.3. The summed E-state index contributed by atoms with van der Waals surface area (Å²) in [7, 11) is 0. The zero-order valence-corrected chi connectivity index (χ0v) is 22.7. The molecule has 2 heteroatoms. The lowest BCUT2D eigenvalue weighted by Gasteiger charge is -2.28. The third-order valence-electron chi connectivity index (χ3n) is 7.97. The highest BCUT2D eigenvalue weighted by Crippen LogP contribution is 2.35. The molecule has 0 atom stereocenters. The number of hydrogen-bond donors (Lipinski definition) is 0. The summed E-state index contributed by atoms with van der Waals surface area (Å²) in [5.74, 6) is 7.85. The minimum absolute atomic E-state index is 0.214. The minimum Gasteiger partial charge on any atom is -0.378 e. The van der Waals surface area contributed by atoms with Crippen LogP contribution in [0, 0.1) is 29.5 Å². The number of allylic oxidation sites excluding steroid dienone is 3. The molecule has 196 valence electrons. The van der Waals surface area contributed by atoms with Crippen molar-refractivity contribution >= 4 is 6.08 Å². The Bertz CT molecular complexity index is 1080. The highest BCUT2D eigenvalue weighted by atomic mass is 19.1. The van der Waals surface area contributed by atoms with E-state index in [0.717, 1.165) is 62.2 Å². The van der Waals surface area contributed by atoms with Crippen LogP contribution in [0.4, 0.5) is 4.39 Å². The van der Waals surface area contributed by atoms with E-state index < -0.39 is 0 Å². The second kappa shape index (κ2) is 14.3. The molecule has 2 aromatic carbocycles. The second-order valence-electron chi connectivity index (χ2n) is 10.8. The van der Waals surface area contributed by atoms with Gasteiger partial charge in [0, 0.05) is 12.2 Å². The first kappa shape index (κ1) is 27.4. The van der Waals surface area contributed by atoms with Gasteiger partial charge in [-0.3, -0.25) is 0 Å². The van der Waals surface area contributed by atoms with Gasteiger partial charge in [-0.25, -0.2) is 4.39 Å². The maximum Gasteiger partial charge on any atom is 0.139 e. The summed E-state index contributed by atoms with van der Waals surface area (Å²) in [5, 5.41) is 0. The maximum atomic E-state index is 14.8. The Balaban J connectivity index is 1.28. The Labute approximate surface area is 224 Å². The Morgan fingerprint density at radius 2 is 1.54 bits per heavy atom. The Morgan fingerprint density at radius 3 is 2.19 bits per heavy atom. The summed E-state index contributed by atoms with van der Waals surface area (Å²) in [4.78, 5) is 0. The van der Waals surface area contributed by atoms with Crippen LogP contribution in [-0.4, -0.2) is 12.7 Å². The summed E-state index contributed by atoms with van der Waals surface area (Å²) < 4.78 is 20.7. The lowest BCUT2D eigenvalue weighted by molar-refractivity contribution is 0.0251. The highest BCUT2D eigenvalue weighted by Gasteiger charge is 2.23. The predicted molar refractivity (Wildman–Crippen MR) is 154 cm³/mol. The summed E-state index contributed by atoms with van der Waals surface area (Å²) >= 11 is 0. The van der Waals surface area contributed by atoms with Crippen molar-refractivity contribution in [3.05, 3.63) is 88.8 Å². The fourth-order valence-corrected chi connectivity index (χ4v) is 5.66. The van der Waals surface area contributed by atoms with Crippen LogP contribution in [-0.2, 0) is 4.74 Å². The molecule has 0 bridgehead atoms. The van der Waals surface area contributed by atoms with Crippen molar-refractivity contribution in [1.29, 1.82) is 0 Å². The van der Waals surface area contributed by atoms with Crippen molar-refractivity contribution < 1.29 is 9.13 Å². The van der Waals surface area contributed by atoms with Crippen LogP contribution in [0.1, 0.15) is 106 Å². The topological polar surface area (TPSA) is 9.23 Å². The molecule has 0 unspecified atom stereocenters. The van der Waals surface area contributed by atoms with Crippen molar-refractivity contribution in [2.75, 3.05) is 6.61 Å². The smallest absolute Gasteiger partial charge is 0.139 e. The molecule has 0 aromatic heterocycles. The van der Waals surface area contributed by atoms with Gasteiger partial charge in [0.15, 0.2) is 0 Å². The van der Waals surface area contributed by atoms with Crippen molar-refractivity contribution in [3.8, 4) is 11.8 Å². The van der Waals surface area contributed by atoms with Gasteiger partial charge in [-0.2, -0.15) is 0 Å². The van der Waals surface area contributed by atoms with E-state index in [0.29, 0.717) is 23.5 Å². The van der Waals surface area contributed by atoms with Gasteiger partial charge in [-0.15, -0.1) is 0 Å². The molecule has 2 fully saturated rings. The van der Waals surface area contributed by atoms with Crippen molar-refractivity contribution in [1.82, 2.24) is 0 Å². The second-order valence-corrected chi connectivity index (χ2v) is 10.8. The highest BCUT2D eigenvalue weighted by molar-refractivity contribution is 5.53. The van der Waals surface area contributed by atoms with Crippen molar-refractivity contribution in [2.24, 2.45) is 11.8 Å². The third kappa shape index (κ3) is 8.44. The number of rotatable bonds is 8. The maximum absolute atomic E-state index is 14.8. The third-order valence-corrected chi connectivity index (χ3v) is 7.97. The van der Waals surface area contributed by atoms with Gasteiger partial charge < -0.3 is 4.74 Å². The van der Waals surface area contributed by atoms with Gasteiger partial charge in [0.1, 0.15) is 5.82 Å². The van der Waals surface area contributed by atoms with E-state index in [-0.39, 0.29) is 5.82 Å². The van der Waals surface area contributed by atoms with Crippen LogP contribution < -0.4 is 0 Å². The van der Waals surface area contributed by atoms with Crippen LogP contribution in [0.15, 0.2) is 60.7 Å². The first-order chi connectivity index (χ1) is 18.1. The fraction of sp³-hybridized carbons (Fsp3) is 0.486. The molecule has 0 N–H and O–H groups in total. The number of benzene rings is 2. The zero-order chi connectivity index (χ0) is 25.9. The number of ether oxygens (including phenoxy) is 1. The molecule has 0 heterocycles. The SMILES string of the molecule is CCC=CC1CCC(C=Cc2ccc(C#Cc3ccc(C4CCC(OCCC)CC4)cc3F)cc2)CC1. The van der Waals surface area contributed by atoms with E-state index in [1.54, 1.807) is 6.07 Å². The van der Waals surface area contributed by atoms with E-state index >= 15 is 0 Å². The zero-order valence-electron chi connectivity index (χ0n) is 22.7. The molecule has 0 amide bonds. The van der Waals surface area contributed by atoms with Gasteiger partial charge in [-0.1, -0.05) is 68.2 Å². The molecule has 2 aliphatic rings. The fourth-order valence-electron chi connectivity index (χ4n) is 5.66. The van der Waals surface area contributed by atoms with Crippen LogP contribution in [0.25, 0.3) is 6.08 Å². The average Bonchev–Trinajstić information content (AvgIpc) is 2.94. The summed E-state index contributed by atoms with van der Waals surface area (Å²) in [6, 6.07) is 13.9. The van der Waals surface area contributed by atoms with Gasteiger partial charge in [0.25, 0.3) is 0 Å². The van der Waals surface area contributed by atoms with Crippen LogP contribution in [0.3, 0.4) is 0 Å².